The summed E-state index contributed by atoms with van der Waals surface area (Å²) in [6.07, 6.45) is -1.37. The van der Waals surface area contributed by atoms with Gasteiger partial charge < -0.3 is 20.9 Å². The first-order valence-electron chi connectivity index (χ1n) is 17.6. The zero-order valence-electron chi connectivity index (χ0n) is 27.3. The summed E-state index contributed by atoms with van der Waals surface area (Å²) >= 11 is 1.17. The number of hydrogen-bond acceptors (Lipinski definition) is 7. The molecule has 50 heavy (non-hydrogen) atoms. The van der Waals surface area contributed by atoms with Gasteiger partial charge in [-0.1, -0.05) is 12.1 Å². The minimum atomic E-state index is -5.27. The highest BCUT2D eigenvalue weighted by Crippen LogP contribution is 2.64. The number of para-hydroxylation sites is 1. The predicted octanol–water partition coefficient (Wildman–Crippen LogP) is 4.23. The van der Waals surface area contributed by atoms with Crippen LogP contribution in [0.4, 0.5) is 17.6 Å². The largest absolute Gasteiger partial charge is 0.471 e. The summed E-state index contributed by atoms with van der Waals surface area (Å²) in [5, 5.41) is 7.77. The van der Waals surface area contributed by atoms with Gasteiger partial charge in [0.15, 0.2) is 5.01 Å². The zero-order chi connectivity index (χ0) is 35.2. The molecule has 3 heterocycles. The summed E-state index contributed by atoms with van der Waals surface area (Å²) in [4.78, 5) is 73.9. The van der Waals surface area contributed by atoms with Gasteiger partial charge in [0.05, 0.1) is 16.3 Å². The van der Waals surface area contributed by atoms with E-state index in [1.54, 1.807) is 12.1 Å². The van der Waals surface area contributed by atoms with Crippen molar-refractivity contribution in [3.8, 4) is 0 Å². The van der Waals surface area contributed by atoms with E-state index in [-0.39, 0.29) is 41.5 Å². The molecule has 7 aliphatic rings. The fourth-order valence-electron chi connectivity index (χ4n) is 10.8. The van der Waals surface area contributed by atoms with E-state index in [2.05, 4.69) is 15.6 Å². The van der Waals surface area contributed by atoms with E-state index in [1.807, 2.05) is 17.4 Å². The van der Waals surface area contributed by atoms with Gasteiger partial charge in [-0.05, 0) is 101 Å². The summed E-state index contributed by atoms with van der Waals surface area (Å²) in [5.41, 5.74) is -2.21. The van der Waals surface area contributed by atoms with E-state index in [1.165, 1.54) is 16.2 Å². The van der Waals surface area contributed by atoms with Crippen LogP contribution in [0.5, 0.6) is 0 Å². The zero-order valence-corrected chi connectivity index (χ0v) is 28.1. The molecular formula is C35H39F4N5O5S. The number of carbonyl (C=O) groups is 5. The number of Topliss-reactive ketones (excluding diaryl/α,β-unsaturated/α-hetero) is 1. The Morgan fingerprint density at radius 2 is 1.76 bits per heavy atom. The Kier molecular flexibility index (Phi) is 8.03. The predicted molar refractivity (Wildman–Crippen MR) is 172 cm³/mol. The Morgan fingerprint density at radius 1 is 1.02 bits per heavy atom. The highest BCUT2D eigenvalue weighted by atomic mass is 32.1. The standard InChI is InChI=1S/C35H39F4N5O5S/c36-34-14-17-9-18(15-34)13-33(12-17,16-34)27(43-32(49)35(37,38)39)31(48)44-21-6-5-19(10-21)25(44)29(47)41-23(11-20-7-8-40-28(20)46)26(45)30-42-22-3-1-2-4-24(22)50-30/h1-4,17-21,23,25,27H,5-16H2,(H,40,46)(H,41,47)(H,43,49)/t17?,18?,19-,20-,21+,23-,25-,27+,33?,34?/m0/s1. The molecule has 2 aliphatic heterocycles. The molecule has 8 atom stereocenters. The van der Waals surface area contributed by atoms with Crippen LogP contribution >= 0.6 is 11.3 Å². The van der Waals surface area contributed by atoms with Crippen LogP contribution in [0.25, 0.3) is 10.2 Å². The van der Waals surface area contributed by atoms with Gasteiger partial charge in [-0.3, -0.25) is 24.0 Å². The molecule has 0 spiro atoms. The van der Waals surface area contributed by atoms with Crippen molar-refractivity contribution in [2.45, 2.75) is 107 Å². The van der Waals surface area contributed by atoms with Crippen LogP contribution in [0, 0.1) is 29.1 Å². The average Bonchev–Trinajstić information content (AvgIpc) is 3.85. The van der Waals surface area contributed by atoms with Gasteiger partial charge in [0.2, 0.25) is 23.5 Å². The van der Waals surface area contributed by atoms with E-state index >= 15 is 4.39 Å². The third-order valence-electron chi connectivity index (χ3n) is 12.4. The number of alkyl halides is 4. The minimum absolute atomic E-state index is 0.00975. The third-order valence-corrected chi connectivity index (χ3v) is 13.4. The van der Waals surface area contributed by atoms with Crippen molar-refractivity contribution in [3.63, 3.8) is 0 Å². The molecule has 2 saturated heterocycles. The van der Waals surface area contributed by atoms with Crippen molar-refractivity contribution < 1.29 is 41.5 Å². The minimum Gasteiger partial charge on any atom is -0.356 e. The summed E-state index contributed by atoms with van der Waals surface area (Å²) in [6.45, 7) is 0.433. The number of hydrogen-bond donors (Lipinski definition) is 3. The van der Waals surface area contributed by atoms with Crippen LogP contribution in [0.3, 0.4) is 0 Å². The Bertz CT molecular complexity index is 1720. The molecule has 10 nitrogen and oxygen atoms in total. The first-order chi connectivity index (χ1) is 23.7. The second kappa shape index (κ2) is 12.0. The Balaban J connectivity index is 1.10. The molecular weight excluding hydrogens is 678 g/mol. The lowest BCUT2D eigenvalue weighted by molar-refractivity contribution is -0.183. The number of halogens is 4. The van der Waals surface area contributed by atoms with Gasteiger partial charge in [0.1, 0.15) is 17.8 Å². The van der Waals surface area contributed by atoms with Crippen molar-refractivity contribution in [3.05, 3.63) is 29.3 Å². The summed E-state index contributed by atoms with van der Waals surface area (Å²) in [6, 6.07) is 2.83. The molecule has 9 rings (SSSR count). The number of thiazole rings is 1. The first kappa shape index (κ1) is 33.5. The molecule has 6 bridgehead atoms. The molecule has 2 aromatic rings. The molecule has 0 radical (unpaired) electrons. The molecule has 1 aromatic heterocycles. The fourth-order valence-corrected chi connectivity index (χ4v) is 11.8. The lowest BCUT2D eigenvalue weighted by Crippen LogP contribution is -2.68. The van der Waals surface area contributed by atoms with Crippen LogP contribution in [0.1, 0.15) is 80.4 Å². The maximum atomic E-state index is 16.1. The third kappa shape index (κ3) is 5.76. The van der Waals surface area contributed by atoms with Crippen molar-refractivity contribution in [1.82, 2.24) is 25.8 Å². The normalized spacial score (nSPS) is 35.3. The number of nitrogens with zero attached hydrogens (tertiary/aromatic N) is 2. The number of benzene rings is 1. The number of likely N-dealkylation sites (tertiary alicyclic amines) is 1. The van der Waals surface area contributed by atoms with Crippen LogP contribution < -0.4 is 16.0 Å². The number of piperidine rings is 1. The molecule has 5 saturated carbocycles. The number of carbonyl (C=O) groups excluding carboxylic acids is 5. The summed E-state index contributed by atoms with van der Waals surface area (Å²) in [7, 11) is 0. The highest BCUT2D eigenvalue weighted by Gasteiger charge is 2.64. The van der Waals surface area contributed by atoms with Gasteiger partial charge in [0.25, 0.3) is 0 Å². The topological polar surface area (TPSA) is 138 Å². The Hall–Kier alpha value is -3.62. The van der Waals surface area contributed by atoms with Crippen LogP contribution in [0.15, 0.2) is 24.3 Å². The molecule has 3 N–H and O–H groups in total. The second-order valence-corrected chi connectivity index (χ2v) is 16.8. The number of aromatic nitrogens is 1. The fraction of sp³-hybridized carbons (Fsp3) is 0.657. The lowest BCUT2D eigenvalue weighted by Gasteiger charge is -2.61. The molecule has 2 unspecified atom stereocenters. The maximum absolute atomic E-state index is 16.1. The van der Waals surface area contributed by atoms with Gasteiger partial charge in [0, 0.05) is 23.9 Å². The maximum Gasteiger partial charge on any atom is 0.471 e. The molecule has 5 aliphatic carbocycles. The Labute approximate surface area is 289 Å². The van der Waals surface area contributed by atoms with E-state index in [4.69, 9.17) is 0 Å². The number of nitrogens with one attached hydrogen (secondary N) is 3. The smallest absolute Gasteiger partial charge is 0.356 e. The Morgan fingerprint density at radius 3 is 2.42 bits per heavy atom. The van der Waals surface area contributed by atoms with Gasteiger partial charge >= 0.3 is 12.1 Å². The van der Waals surface area contributed by atoms with E-state index in [0.717, 1.165) is 11.1 Å². The average molecular weight is 718 g/mol. The van der Waals surface area contributed by atoms with Crippen molar-refractivity contribution in [2.75, 3.05) is 6.54 Å². The van der Waals surface area contributed by atoms with Crippen molar-refractivity contribution in [2.24, 2.45) is 29.1 Å². The molecule has 268 valence electrons. The monoisotopic (exact) mass is 717 g/mol. The van der Waals surface area contributed by atoms with Crippen LogP contribution in [-0.4, -0.2) is 81.9 Å². The lowest BCUT2D eigenvalue weighted by atomic mass is 9.46. The first-order valence-corrected chi connectivity index (χ1v) is 18.4. The highest BCUT2D eigenvalue weighted by molar-refractivity contribution is 7.20. The SMILES string of the molecule is O=C1NCC[C@H]1C[C@H](NC(=O)[C@@H]1[C@H]2CC[C@H](C2)N1C(=O)[C@@H](NC(=O)C(F)(F)F)C12CC3CC(CC(F)(C3)C1)C2)C(=O)c1nc2ccccc2s1. The summed E-state index contributed by atoms with van der Waals surface area (Å²) in [5.74, 6) is -5.48. The van der Waals surface area contributed by atoms with E-state index in [9.17, 15) is 37.1 Å². The van der Waals surface area contributed by atoms with E-state index in [0.29, 0.717) is 63.4 Å². The van der Waals surface area contributed by atoms with E-state index < -0.39 is 70.9 Å². The van der Waals surface area contributed by atoms with Crippen LogP contribution in [-0.2, 0) is 19.2 Å². The molecule has 1 aromatic carbocycles. The van der Waals surface area contributed by atoms with Gasteiger partial charge in [-0.2, -0.15) is 13.2 Å². The van der Waals surface area contributed by atoms with Crippen molar-refractivity contribution in [1.29, 1.82) is 0 Å². The molecule has 7 fully saturated rings. The van der Waals surface area contributed by atoms with Gasteiger partial charge in [-0.15, -0.1) is 11.3 Å². The van der Waals surface area contributed by atoms with Crippen molar-refractivity contribution >= 4 is 51.0 Å². The number of ketones is 1. The number of amides is 4. The van der Waals surface area contributed by atoms with Gasteiger partial charge in [-0.25, -0.2) is 9.37 Å². The second-order valence-electron chi connectivity index (χ2n) is 15.7. The number of rotatable bonds is 9. The number of fused-ring (bicyclic) bond motifs is 3. The molecule has 4 amide bonds. The molecule has 15 heteroatoms. The summed E-state index contributed by atoms with van der Waals surface area (Å²) < 4.78 is 58.1. The quantitative estimate of drug-likeness (QED) is 0.263. The van der Waals surface area contributed by atoms with Crippen LogP contribution in [0.2, 0.25) is 0 Å².